The number of carbonyl (C=O) groups is 1. The molecule has 0 amide bonds. The lowest BCUT2D eigenvalue weighted by molar-refractivity contribution is -0.143. The van der Waals surface area contributed by atoms with E-state index in [0.29, 0.717) is 39.3 Å². The predicted molar refractivity (Wildman–Crippen MR) is 57.8 cm³/mol. The maximum absolute atomic E-state index is 10.9. The fraction of sp³-hybridized carbons (Fsp3) is 0.909. The molecule has 90 valence electrons. The van der Waals surface area contributed by atoms with E-state index in [0.717, 1.165) is 0 Å². The van der Waals surface area contributed by atoms with Crippen LogP contribution in [0.3, 0.4) is 0 Å². The van der Waals surface area contributed by atoms with Crippen LogP contribution in [-0.4, -0.2) is 38.5 Å². The van der Waals surface area contributed by atoms with Crippen LogP contribution < -0.4 is 0 Å². The summed E-state index contributed by atoms with van der Waals surface area (Å²) in [7, 11) is 0. The third kappa shape index (κ3) is 11.3. The van der Waals surface area contributed by atoms with Gasteiger partial charge in [0, 0.05) is 13.0 Å². The second-order valence-electron chi connectivity index (χ2n) is 3.44. The van der Waals surface area contributed by atoms with Gasteiger partial charge in [-0.2, -0.15) is 0 Å². The molecular formula is C11H22O4. The van der Waals surface area contributed by atoms with Crippen LogP contribution in [0.2, 0.25) is 0 Å². The summed E-state index contributed by atoms with van der Waals surface area (Å²) >= 11 is 0. The van der Waals surface area contributed by atoms with Crippen molar-refractivity contribution in [3.8, 4) is 0 Å². The molecule has 0 radical (unpaired) electrons. The molecule has 0 N–H and O–H groups in total. The number of hydrogen-bond acceptors (Lipinski definition) is 4. The van der Waals surface area contributed by atoms with Crippen LogP contribution in [0.5, 0.6) is 0 Å². The molecule has 0 aromatic carbocycles. The van der Waals surface area contributed by atoms with Crippen LogP contribution in [-0.2, 0) is 19.0 Å². The van der Waals surface area contributed by atoms with E-state index >= 15 is 0 Å². The first-order valence-electron chi connectivity index (χ1n) is 5.51. The van der Waals surface area contributed by atoms with Crippen molar-refractivity contribution in [2.24, 2.45) is 0 Å². The van der Waals surface area contributed by atoms with E-state index in [-0.39, 0.29) is 12.1 Å². The molecule has 4 heteroatoms. The maximum Gasteiger partial charge on any atom is 0.305 e. The molecule has 0 saturated heterocycles. The van der Waals surface area contributed by atoms with Crippen LogP contribution in [0.25, 0.3) is 0 Å². The lowest BCUT2D eigenvalue weighted by atomic mass is 10.3. The molecular weight excluding hydrogens is 196 g/mol. The van der Waals surface area contributed by atoms with Crippen molar-refractivity contribution in [1.29, 1.82) is 0 Å². The lowest BCUT2D eigenvalue weighted by Gasteiger charge is -2.07. The Morgan fingerprint density at radius 1 is 1.20 bits per heavy atom. The Morgan fingerprint density at radius 2 is 1.93 bits per heavy atom. The molecule has 0 spiro atoms. The van der Waals surface area contributed by atoms with Gasteiger partial charge < -0.3 is 14.2 Å². The number of ether oxygens (including phenoxy) is 3. The largest absolute Gasteiger partial charge is 0.466 e. The van der Waals surface area contributed by atoms with Crippen LogP contribution >= 0.6 is 0 Å². The third-order valence-electron chi connectivity index (χ3n) is 1.65. The van der Waals surface area contributed by atoms with Crippen LogP contribution in [0, 0.1) is 0 Å². The van der Waals surface area contributed by atoms with Crippen LogP contribution in [0.1, 0.15) is 33.6 Å². The van der Waals surface area contributed by atoms with Crippen molar-refractivity contribution < 1.29 is 19.0 Å². The fourth-order valence-corrected chi connectivity index (χ4v) is 0.997. The second-order valence-corrected chi connectivity index (χ2v) is 3.44. The molecule has 15 heavy (non-hydrogen) atoms. The van der Waals surface area contributed by atoms with Gasteiger partial charge >= 0.3 is 5.97 Å². The zero-order valence-corrected chi connectivity index (χ0v) is 9.95. The van der Waals surface area contributed by atoms with E-state index in [1.165, 1.54) is 0 Å². The number of carbonyl (C=O) groups excluding carboxylic acids is 1. The van der Waals surface area contributed by atoms with Gasteiger partial charge in [0.2, 0.25) is 0 Å². The highest BCUT2D eigenvalue weighted by Gasteiger charge is 2.00. The highest BCUT2D eigenvalue weighted by atomic mass is 16.5. The van der Waals surface area contributed by atoms with Crippen LogP contribution in [0.15, 0.2) is 0 Å². The van der Waals surface area contributed by atoms with Gasteiger partial charge in [0.1, 0.15) is 0 Å². The Balaban J connectivity index is 3.08. The fourth-order valence-electron chi connectivity index (χ4n) is 0.997. The summed E-state index contributed by atoms with van der Waals surface area (Å²) in [6.45, 7) is 8.00. The summed E-state index contributed by atoms with van der Waals surface area (Å²) in [6, 6.07) is 0. The monoisotopic (exact) mass is 218 g/mol. The SMILES string of the molecule is CCOC(=O)CCCOCCOC(C)C. The molecule has 0 heterocycles. The van der Waals surface area contributed by atoms with E-state index in [1.54, 1.807) is 6.92 Å². The Kier molecular flexibility index (Phi) is 9.52. The first-order chi connectivity index (χ1) is 7.16. The molecule has 0 unspecified atom stereocenters. The molecule has 0 aromatic heterocycles. The molecule has 0 aliphatic heterocycles. The first kappa shape index (κ1) is 14.4. The number of hydrogen-bond donors (Lipinski definition) is 0. The van der Waals surface area contributed by atoms with Gasteiger partial charge in [-0.1, -0.05) is 0 Å². The van der Waals surface area contributed by atoms with Gasteiger partial charge in [-0.15, -0.1) is 0 Å². The third-order valence-corrected chi connectivity index (χ3v) is 1.65. The van der Waals surface area contributed by atoms with E-state index in [4.69, 9.17) is 14.2 Å². The molecule has 0 rings (SSSR count). The molecule has 0 fully saturated rings. The Morgan fingerprint density at radius 3 is 2.53 bits per heavy atom. The topological polar surface area (TPSA) is 44.8 Å². The zero-order valence-electron chi connectivity index (χ0n) is 9.95. The normalized spacial score (nSPS) is 10.7. The van der Waals surface area contributed by atoms with Crippen molar-refractivity contribution in [3.63, 3.8) is 0 Å². The highest BCUT2D eigenvalue weighted by molar-refractivity contribution is 5.69. The van der Waals surface area contributed by atoms with Crippen molar-refractivity contribution in [1.82, 2.24) is 0 Å². The van der Waals surface area contributed by atoms with Gasteiger partial charge in [-0.25, -0.2) is 0 Å². The molecule has 0 aliphatic carbocycles. The van der Waals surface area contributed by atoms with Crippen molar-refractivity contribution in [2.45, 2.75) is 39.7 Å². The summed E-state index contributed by atoms with van der Waals surface area (Å²) in [5.41, 5.74) is 0. The summed E-state index contributed by atoms with van der Waals surface area (Å²) in [5.74, 6) is -0.153. The molecule has 0 aliphatic rings. The van der Waals surface area contributed by atoms with Crippen molar-refractivity contribution in [2.75, 3.05) is 26.4 Å². The lowest BCUT2D eigenvalue weighted by Crippen LogP contribution is -2.11. The maximum atomic E-state index is 10.9. The second kappa shape index (κ2) is 9.93. The minimum atomic E-state index is -0.153. The van der Waals surface area contributed by atoms with E-state index in [9.17, 15) is 4.79 Å². The predicted octanol–water partition coefficient (Wildman–Crippen LogP) is 1.77. The first-order valence-corrected chi connectivity index (χ1v) is 5.51. The summed E-state index contributed by atoms with van der Waals surface area (Å²) in [4.78, 5) is 10.9. The smallest absolute Gasteiger partial charge is 0.305 e. The van der Waals surface area contributed by atoms with E-state index < -0.39 is 0 Å². The number of rotatable bonds is 9. The Bertz CT molecular complexity index is 157. The molecule has 0 aromatic rings. The van der Waals surface area contributed by atoms with Gasteiger partial charge in [0.15, 0.2) is 0 Å². The van der Waals surface area contributed by atoms with Crippen molar-refractivity contribution >= 4 is 5.97 Å². The quantitative estimate of drug-likeness (QED) is 0.437. The Labute approximate surface area is 91.9 Å². The minimum Gasteiger partial charge on any atom is -0.466 e. The molecule has 0 saturated carbocycles. The zero-order chi connectivity index (χ0) is 11.5. The summed E-state index contributed by atoms with van der Waals surface area (Å²) in [6.07, 6.45) is 1.38. The van der Waals surface area contributed by atoms with Crippen LogP contribution in [0.4, 0.5) is 0 Å². The molecule has 0 bridgehead atoms. The average Bonchev–Trinajstić information content (AvgIpc) is 2.16. The highest BCUT2D eigenvalue weighted by Crippen LogP contribution is 1.94. The number of esters is 1. The van der Waals surface area contributed by atoms with Gasteiger partial charge in [0.25, 0.3) is 0 Å². The van der Waals surface area contributed by atoms with Crippen molar-refractivity contribution in [3.05, 3.63) is 0 Å². The van der Waals surface area contributed by atoms with Gasteiger partial charge in [-0.05, 0) is 27.2 Å². The van der Waals surface area contributed by atoms with E-state index in [1.807, 2.05) is 13.8 Å². The average molecular weight is 218 g/mol. The summed E-state index contributed by atoms with van der Waals surface area (Å²) < 4.78 is 15.4. The van der Waals surface area contributed by atoms with Gasteiger partial charge in [0.05, 0.1) is 25.9 Å². The standard InChI is InChI=1S/C11H22O4/c1-4-14-11(12)6-5-7-13-8-9-15-10(2)3/h10H,4-9H2,1-3H3. The Hall–Kier alpha value is -0.610. The molecule has 0 atom stereocenters. The summed E-state index contributed by atoms with van der Waals surface area (Å²) in [5, 5.41) is 0. The minimum absolute atomic E-state index is 0.153. The molecule has 4 nitrogen and oxygen atoms in total. The van der Waals surface area contributed by atoms with Gasteiger partial charge in [-0.3, -0.25) is 4.79 Å². The van der Waals surface area contributed by atoms with E-state index in [2.05, 4.69) is 0 Å².